The molecule has 0 amide bonds. The molecule has 0 aromatic heterocycles. The van der Waals surface area contributed by atoms with E-state index in [4.69, 9.17) is 17.0 Å². The first-order chi connectivity index (χ1) is 22.5. The summed E-state index contributed by atoms with van der Waals surface area (Å²) in [4.78, 5) is 0. The molecule has 0 N–H and O–H groups in total. The fourth-order valence-corrected chi connectivity index (χ4v) is 12.9. The van der Waals surface area contributed by atoms with Crippen LogP contribution < -0.4 is 0 Å². The SMILES string of the molecule is CC1=C([Si](C)(C)C2C(C(C)C)=Cc3c(-c4ccc(C(C)(C)C)cc4)cccc32)c2cccc(-c3ccc(C(C)(C)C)cc3)c2C1.[CH3-].[CH3-].[Cl][Zr+2][Cl]. The van der Waals surface area contributed by atoms with Crippen molar-refractivity contribution in [3.8, 4) is 22.3 Å². The number of benzene rings is 4. The van der Waals surface area contributed by atoms with E-state index in [0.29, 0.717) is 11.5 Å². The van der Waals surface area contributed by atoms with Crippen LogP contribution in [0.3, 0.4) is 0 Å². The molecule has 50 heavy (non-hydrogen) atoms. The first-order valence-electron chi connectivity index (χ1n) is 17.4. The van der Waals surface area contributed by atoms with Crippen molar-refractivity contribution in [3.05, 3.63) is 144 Å². The quantitative estimate of drug-likeness (QED) is 0.139. The summed E-state index contributed by atoms with van der Waals surface area (Å²) in [5, 5.41) is 1.68. The van der Waals surface area contributed by atoms with Gasteiger partial charge < -0.3 is 14.9 Å². The molecule has 0 heterocycles. The van der Waals surface area contributed by atoms with Crippen LogP contribution in [0.4, 0.5) is 0 Å². The van der Waals surface area contributed by atoms with E-state index in [9.17, 15) is 0 Å². The normalized spacial score (nSPS) is 15.2. The monoisotopic (exact) mass is 798 g/mol. The van der Waals surface area contributed by atoms with Gasteiger partial charge in [0.05, 0.1) is 8.07 Å². The molecular weight excluding hydrogens is 743 g/mol. The summed E-state index contributed by atoms with van der Waals surface area (Å²) in [6.45, 7) is 26.3. The molecule has 2 aliphatic carbocycles. The van der Waals surface area contributed by atoms with E-state index in [-0.39, 0.29) is 25.7 Å². The second-order valence-corrected chi connectivity index (χ2v) is 24.9. The van der Waals surface area contributed by atoms with Gasteiger partial charge in [0.1, 0.15) is 0 Å². The first-order valence-corrected chi connectivity index (χ1v) is 26.8. The molecular formula is C46H58Cl2SiZr. The van der Waals surface area contributed by atoms with Crippen LogP contribution in [0.15, 0.2) is 96.1 Å². The van der Waals surface area contributed by atoms with Gasteiger partial charge in [-0.3, -0.25) is 0 Å². The average molecular weight is 801 g/mol. The van der Waals surface area contributed by atoms with Gasteiger partial charge in [0.15, 0.2) is 0 Å². The standard InChI is InChI=1S/C44H52Si.2CH3.2ClH.Zr/c1-28(2)38-27-40-35(31-20-24-33(25-21-31)44(7,8)9)15-13-17-37(40)42(38)45(10,11)41-29(3)26-39-34(14-12-16-36(39)41)30-18-22-32(23-19-30)43(4,5)6;;;;;/h12-25,27-28,42H,26H2,1-11H3;2*1H3;2*1H;/q;2*-1;;;+4/p-2. The van der Waals surface area contributed by atoms with Crippen LogP contribution in [0.2, 0.25) is 13.1 Å². The van der Waals surface area contributed by atoms with Crippen molar-refractivity contribution >= 4 is 36.4 Å². The molecule has 4 aromatic carbocycles. The zero-order chi connectivity index (χ0) is 35.2. The number of allylic oxidation sites excluding steroid dienone is 2. The predicted octanol–water partition coefficient (Wildman–Crippen LogP) is 14.8. The maximum absolute atomic E-state index is 4.93. The van der Waals surface area contributed by atoms with Crippen LogP contribution in [0.5, 0.6) is 0 Å². The summed E-state index contributed by atoms with van der Waals surface area (Å²) in [6, 6.07) is 32.8. The minimum absolute atomic E-state index is 0. The molecule has 2 aliphatic rings. The van der Waals surface area contributed by atoms with Crippen LogP contribution in [-0.2, 0) is 38.1 Å². The Morgan fingerprint density at radius 3 is 1.60 bits per heavy atom. The average Bonchev–Trinajstić information content (AvgIpc) is 3.59. The molecule has 264 valence electrons. The van der Waals surface area contributed by atoms with E-state index < -0.39 is 28.9 Å². The van der Waals surface area contributed by atoms with Crippen LogP contribution >= 0.6 is 17.0 Å². The number of halogens is 2. The first kappa shape index (κ1) is 42.5. The number of hydrogen-bond donors (Lipinski definition) is 0. The Bertz CT molecular complexity index is 1850. The molecule has 0 nitrogen and oxygen atoms in total. The van der Waals surface area contributed by atoms with Crippen molar-refractivity contribution in [3.63, 3.8) is 0 Å². The fourth-order valence-electron chi connectivity index (χ4n) is 8.19. The van der Waals surface area contributed by atoms with Crippen molar-refractivity contribution in [2.75, 3.05) is 0 Å². The van der Waals surface area contributed by atoms with Crippen LogP contribution in [0.25, 0.3) is 33.5 Å². The summed E-state index contributed by atoms with van der Waals surface area (Å²) in [6.07, 6.45) is 3.63. The fraction of sp³-hybridized carbons (Fsp3) is 0.348. The second kappa shape index (κ2) is 16.4. The van der Waals surface area contributed by atoms with E-state index in [1.54, 1.807) is 16.3 Å². The Hall–Kier alpha value is -1.96. The molecule has 4 heteroatoms. The molecule has 0 saturated carbocycles. The third-order valence-electron chi connectivity index (χ3n) is 10.6. The van der Waals surface area contributed by atoms with Crippen molar-refractivity contribution in [2.45, 2.75) is 98.2 Å². The molecule has 0 fully saturated rings. The van der Waals surface area contributed by atoms with E-state index in [0.717, 1.165) is 6.42 Å². The van der Waals surface area contributed by atoms with Gasteiger partial charge >= 0.3 is 37.9 Å². The van der Waals surface area contributed by atoms with Crippen LogP contribution in [-0.4, -0.2) is 8.07 Å². The van der Waals surface area contributed by atoms with E-state index in [1.807, 2.05) is 0 Å². The summed E-state index contributed by atoms with van der Waals surface area (Å²) < 4.78 is 0. The molecule has 0 saturated heterocycles. The third kappa shape index (κ3) is 8.31. The minimum atomic E-state index is -2.03. The van der Waals surface area contributed by atoms with Crippen molar-refractivity contribution in [1.82, 2.24) is 0 Å². The topological polar surface area (TPSA) is 0 Å². The third-order valence-corrected chi connectivity index (χ3v) is 14.6. The molecule has 0 bridgehead atoms. The van der Waals surface area contributed by atoms with Crippen LogP contribution in [0, 0.1) is 20.8 Å². The van der Waals surface area contributed by atoms with Gasteiger partial charge in [-0.05, 0) is 85.7 Å². The van der Waals surface area contributed by atoms with Gasteiger partial charge in [0, 0.05) is 5.54 Å². The Kier molecular flexibility index (Phi) is 13.9. The van der Waals surface area contributed by atoms with Crippen molar-refractivity contribution < 1.29 is 20.8 Å². The van der Waals surface area contributed by atoms with Crippen molar-refractivity contribution in [2.24, 2.45) is 5.92 Å². The predicted molar refractivity (Wildman–Crippen MR) is 225 cm³/mol. The number of fused-ring (bicyclic) bond motifs is 2. The van der Waals surface area contributed by atoms with E-state index >= 15 is 0 Å². The van der Waals surface area contributed by atoms with Gasteiger partial charge in [0.25, 0.3) is 0 Å². The summed E-state index contributed by atoms with van der Waals surface area (Å²) in [5.41, 5.74) is 18.2. The summed E-state index contributed by atoms with van der Waals surface area (Å²) >= 11 is -0.826. The second-order valence-electron chi connectivity index (χ2n) is 16.7. The van der Waals surface area contributed by atoms with Crippen LogP contribution in [0.1, 0.15) is 101 Å². The molecule has 0 aliphatic heterocycles. The van der Waals surface area contributed by atoms with E-state index in [1.165, 1.54) is 55.6 Å². The molecule has 1 atom stereocenters. The Morgan fingerprint density at radius 1 is 0.680 bits per heavy atom. The van der Waals surface area contributed by atoms with Gasteiger partial charge in [-0.15, -0.1) is 0 Å². The Balaban J connectivity index is 0.00000131. The van der Waals surface area contributed by atoms with Gasteiger partial charge in [0.2, 0.25) is 0 Å². The Labute approximate surface area is 325 Å². The molecule has 0 spiro atoms. The van der Waals surface area contributed by atoms with Gasteiger partial charge in [-0.2, -0.15) is 0 Å². The van der Waals surface area contributed by atoms with Crippen molar-refractivity contribution in [1.29, 1.82) is 0 Å². The van der Waals surface area contributed by atoms with E-state index in [2.05, 4.69) is 166 Å². The van der Waals surface area contributed by atoms with Gasteiger partial charge in [-0.1, -0.05) is 176 Å². The molecule has 6 rings (SSSR count). The maximum atomic E-state index is 4.93. The molecule has 0 radical (unpaired) electrons. The number of rotatable bonds is 5. The van der Waals surface area contributed by atoms with Gasteiger partial charge in [-0.25, -0.2) is 0 Å². The number of hydrogen-bond acceptors (Lipinski definition) is 0. The summed E-state index contributed by atoms with van der Waals surface area (Å²) in [7, 11) is 7.84. The zero-order valence-electron chi connectivity index (χ0n) is 32.8. The summed E-state index contributed by atoms with van der Waals surface area (Å²) in [5.74, 6) is 0.500. The molecule has 1 unspecified atom stereocenters. The molecule has 4 aromatic rings. The Morgan fingerprint density at radius 2 is 1.12 bits per heavy atom. The zero-order valence-corrected chi connectivity index (χ0v) is 37.7.